The number of urea groups is 1. The van der Waals surface area contributed by atoms with Gasteiger partial charge in [-0.3, -0.25) is 20.6 Å². The highest BCUT2D eigenvalue weighted by Crippen LogP contribution is 2.32. The number of piperidine rings is 1. The molecule has 186 valence electrons. The summed E-state index contributed by atoms with van der Waals surface area (Å²) in [5.74, 6) is 0.572. The predicted molar refractivity (Wildman–Crippen MR) is 134 cm³/mol. The molecule has 5 rings (SSSR count). The number of likely N-dealkylation sites (tertiary alicyclic amines) is 1. The van der Waals surface area contributed by atoms with Crippen LogP contribution in [-0.2, 0) is 0 Å². The Bertz CT molecular complexity index is 1130. The van der Waals surface area contributed by atoms with E-state index < -0.39 is 0 Å². The fourth-order valence-corrected chi connectivity index (χ4v) is 5.02. The van der Waals surface area contributed by atoms with Gasteiger partial charge in [-0.05, 0) is 50.8 Å². The van der Waals surface area contributed by atoms with Crippen molar-refractivity contribution < 1.29 is 14.7 Å². The van der Waals surface area contributed by atoms with Crippen molar-refractivity contribution in [2.24, 2.45) is 0 Å². The number of hydrogen-bond donors (Lipinski definition) is 3. The summed E-state index contributed by atoms with van der Waals surface area (Å²) >= 11 is 0. The minimum atomic E-state index is -0.0369. The molecule has 3 aromatic rings. The Morgan fingerprint density at radius 1 is 1.11 bits per heavy atom. The average Bonchev–Trinajstić information content (AvgIpc) is 3.34. The first-order chi connectivity index (χ1) is 17.2. The third-order valence-electron chi connectivity index (χ3n) is 6.93. The van der Waals surface area contributed by atoms with Crippen molar-refractivity contribution in [1.82, 2.24) is 24.8 Å². The van der Waals surface area contributed by atoms with Crippen LogP contribution < -0.4 is 20.4 Å². The molecule has 35 heavy (non-hydrogen) atoms. The van der Waals surface area contributed by atoms with E-state index in [9.17, 15) is 4.79 Å². The molecule has 2 aliphatic heterocycles. The minimum absolute atomic E-state index is 0.0369. The van der Waals surface area contributed by atoms with Crippen molar-refractivity contribution in [1.29, 1.82) is 0 Å². The Balaban J connectivity index is 1.10. The number of hydrogen-bond acceptors (Lipinski definition) is 7. The van der Waals surface area contributed by atoms with Crippen molar-refractivity contribution in [3.8, 4) is 5.88 Å². The number of carbonyl (C=O) groups is 1. The molecule has 2 amide bonds. The number of unbranched alkanes of at least 4 members (excludes halogenated alkanes) is 1. The average molecular weight is 480 g/mol. The van der Waals surface area contributed by atoms with Crippen molar-refractivity contribution >= 4 is 28.3 Å². The molecule has 0 radical (unpaired) electrons. The summed E-state index contributed by atoms with van der Waals surface area (Å²) in [6.45, 7) is 5.31. The summed E-state index contributed by atoms with van der Waals surface area (Å²) in [5.41, 5.74) is 4.60. The Hall–Kier alpha value is -3.37. The number of amides is 2. The molecule has 10 heteroatoms. The second kappa shape index (κ2) is 10.9. The molecule has 3 N–H and O–H groups in total. The van der Waals surface area contributed by atoms with Crippen molar-refractivity contribution in [3.63, 3.8) is 0 Å². The summed E-state index contributed by atoms with van der Waals surface area (Å²) in [7, 11) is 0. The predicted octanol–water partition coefficient (Wildman–Crippen LogP) is 3.65. The SMILES string of the molecule is O=C1NCCCN1c1cncc2c1ccn2C1CCN(CCCCOc2ccc(NO)cn2)CC1. The van der Waals surface area contributed by atoms with Gasteiger partial charge in [0.1, 0.15) is 0 Å². The monoisotopic (exact) mass is 479 g/mol. The molecule has 2 fully saturated rings. The second-order valence-electron chi connectivity index (χ2n) is 9.18. The Morgan fingerprint density at radius 3 is 2.77 bits per heavy atom. The summed E-state index contributed by atoms with van der Waals surface area (Å²) in [4.78, 5) is 25.3. The lowest BCUT2D eigenvalue weighted by Crippen LogP contribution is -2.46. The van der Waals surface area contributed by atoms with E-state index in [2.05, 4.69) is 42.5 Å². The summed E-state index contributed by atoms with van der Waals surface area (Å²) < 4.78 is 8.04. The zero-order valence-electron chi connectivity index (χ0n) is 19.9. The maximum atomic E-state index is 12.4. The third kappa shape index (κ3) is 5.33. The zero-order chi connectivity index (χ0) is 24.0. The van der Waals surface area contributed by atoms with E-state index in [0.29, 0.717) is 24.2 Å². The number of nitrogens with zero attached hydrogens (tertiary/aromatic N) is 5. The number of aromatic nitrogens is 3. The number of carbonyl (C=O) groups excluding carboxylic acids is 1. The lowest BCUT2D eigenvalue weighted by molar-refractivity contribution is 0.181. The van der Waals surface area contributed by atoms with Crippen LogP contribution in [0.5, 0.6) is 5.88 Å². The van der Waals surface area contributed by atoms with Gasteiger partial charge in [-0.25, -0.2) is 9.78 Å². The fourth-order valence-electron chi connectivity index (χ4n) is 5.02. The molecule has 3 aromatic heterocycles. The van der Waals surface area contributed by atoms with E-state index in [0.717, 1.165) is 81.4 Å². The molecule has 2 saturated heterocycles. The van der Waals surface area contributed by atoms with E-state index in [1.165, 1.54) is 6.20 Å². The van der Waals surface area contributed by atoms with Crippen LogP contribution in [0.3, 0.4) is 0 Å². The van der Waals surface area contributed by atoms with Crippen LogP contribution in [0.4, 0.5) is 16.2 Å². The Labute approximate surface area is 204 Å². The fraction of sp³-hybridized carbons (Fsp3) is 0.480. The molecule has 0 bridgehead atoms. The van der Waals surface area contributed by atoms with E-state index in [1.807, 2.05) is 11.1 Å². The van der Waals surface area contributed by atoms with Crippen molar-refractivity contribution in [2.75, 3.05) is 49.7 Å². The molecule has 0 aliphatic carbocycles. The maximum absolute atomic E-state index is 12.4. The molecular weight excluding hydrogens is 446 g/mol. The van der Waals surface area contributed by atoms with Crippen molar-refractivity contribution in [3.05, 3.63) is 43.0 Å². The summed E-state index contributed by atoms with van der Waals surface area (Å²) in [5, 5.41) is 12.9. The van der Waals surface area contributed by atoms with E-state index in [-0.39, 0.29) is 6.03 Å². The highest BCUT2D eigenvalue weighted by atomic mass is 16.5. The van der Waals surface area contributed by atoms with Gasteiger partial charge in [-0.15, -0.1) is 0 Å². The van der Waals surface area contributed by atoms with Crippen LogP contribution >= 0.6 is 0 Å². The van der Waals surface area contributed by atoms with Crippen molar-refractivity contribution in [2.45, 2.75) is 38.1 Å². The van der Waals surface area contributed by atoms with Gasteiger partial charge >= 0.3 is 6.03 Å². The normalized spacial score (nSPS) is 17.5. The van der Waals surface area contributed by atoms with Gasteiger partial charge in [-0.1, -0.05) is 0 Å². The highest BCUT2D eigenvalue weighted by Gasteiger charge is 2.25. The van der Waals surface area contributed by atoms with Crippen LogP contribution in [0, 0.1) is 0 Å². The van der Waals surface area contributed by atoms with Crippen LogP contribution in [-0.4, -0.2) is 70.0 Å². The summed E-state index contributed by atoms with van der Waals surface area (Å²) in [6.07, 6.45) is 12.6. The lowest BCUT2D eigenvalue weighted by atomic mass is 10.0. The van der Waals surface area contributed by atoms with E-state index in [1.54, 1.807) is 18.3 Å². The quantitative estimate of drug-likeness (QED) is 0.318. The zero-order valence-corrected chi connectivity index (χ0v) is 19.9. The van der Waals surface area contributed by atoms with Gasteiger partial charge in [0, 0.05) is 49.9 Å². The molecule has 0 unspecified atom stereocenters. The highest BCUT2D eigenvalue weighted by molar-refractivity contribution is 6.02. The minimum Gasteiger partial charge on any atom is -0.478 e. The molecular formula is C25H33N7O3. The molecule has 0 saturated carbocycles. The molecule has 0 aromatic carbocycles. The van der Waals surface area contributed by atoms with Crippen LogP contribution in [0.25, 0.3) is 10.9 Å². The third-order valence-corrected chi connectivity index (χ3v) is 6.93. The Morgan fingerprint density at radius 2 is 2.00 bits per heavy atom. The number of fused-ring (bicyclic) bond motifs is 1. The molecule has 0 spiro atoms. The van der Waals surface area contributed by atoms with Gasteiger partial charge < -0.3 is 19.5 Å². The number of ether oxygens (including phenoxy) is 1. The van der Waals surface area contributed by atoms with Gasteiger partial charge in [0.05, 0.1) is 42.1 Å². The maximum Gasteiger partial charge on any atom is 0.321 e. The van der Waals surface area contributed by atoms with Crippen LogP contribution in [0.15, 0.2) is 43.0 Å². The Kier molecular flexibility index (Phi) is 7.29. The number of rotatable bonds is 9. The van der Waals surface area contributed by atoms with Crippen LogP contribution in [0.2, 0.25) is 0 Å². The van der Waals surface area contributed by atoms with E-state index in [4.69, 9.17) is 9.94 Å². The number of pyridine rings is 2. The second-order valence-corrected chi connectivity index (χ2v) is 9.18. The van der Waals surface area contributed by atoms with Crippen LogP contribution in [0.1, 0.15) is 38.1 Å². The molecule has 2 aliphatic rings. The summed E-state index contributed by atoms with van der Waals surface area (Å²) in [6, 6.07) is 6.01. The number of nitrogens with one attached hydrogen (secondary N) is 2. The lowest BCUT2D eigenvalue weighted by Gasteiger charge is -2.33. The first kappa shape index (κ1) is 23.4. The topological polar surface area (TPSA) is 108 Å². The van der Waals surface area contributed by atoms with Gasteiger partial charge in [0.2, 0.25) is 5.88 Å². The first-order valence-corrected chi connectivity index (χ1v) is 12.4. The molecule has 10 nitrogen and oxygen atoms in total. The smallest absolute Gasteiger partial charge is 0.321 e. The van der Waals surface area contributed by atoms with Gasteiger partial charge in [0.25, 0.3) is 0 Å². The first-order valence-electron chi connectivity index (χ1n) is 12.4. The largest absolute Gasteiger partial charge is 0.478 e. The van der Waals surface area contributed by atoms with Gasteiger partial charge in [-0.2, -0.15) is 0 Å². The molecule has 0 atom stereocenters. The number of anilines is 2. The molecule has 5 heterocycles. The van der Waals surface area contributed by atoms with Gasteiger partial charge in [0.15, 0.2) is 0 Å². The standard InChI is InChI=1S/C25H33N7O3/c33-25-27-9-3-11-32(25)23-18-26-17-22-21(23)8-14-31(22)20-6-12-30(13-7-20)10-1-2-15-35-24-5-4-19(29-34)16-28-24/h4-5,8,14,16-18,20,29,34H,1-3,6-7,9-13,15H2,(H,27,33). The van der Waals surface area contributed by atoms with E-state index >= 15 is 0 Å².